The number of hydrogen-bond acceptors (Lipinski definition) is 4. The van der Waals surface area contributed by atoms with Crippen molar-refractivity contribution >= 4 is 11.7 Å². The highest BCUT2D eigenvalue weighted by molar-refractivity contribution is 5.99. The highest BCUT2D eigenvalue weighted by Gasteiger charge is 2.09. The van der Waals surface area contributed by atoms with Crippen molar-refractivity contribution in [1.29, 1.82) is 5.41 Å². The van der Waals surface area contributed by atoms with E-state index in [-0.39, 0.29) is 11.3 Å². The van der Waals surface area contributed by atoms with Crippen molar-refractivity contribution in [2.45, 2.75) is 6.42 Å². The Bertz CT molecular complexity index is 890. The van der Waals surface area contributed by atoms with Gasteiger partial charge in [-0.15, -0.1) is 0 Å². The molecule has 5 nitrogen and oxygen atoms in total. The number of nitrogens with one attached hydrogen (secondary N) is 1. The summed E-state index contributed by atoms with van der Waals surface area (Å²) in [4.78, 5) is 15.1. The Morgan fingerprint density at radius 3 is 2.36 bits per heavy atom. The van der Waals surface area contributed by atoms with Crippen LogP contribution in [0.3, 0.4) is 0 Å². The molecule has 0 aliphatic rings. The smallest absolute Gasteiger partial charge is 0.335 e. The number of carbonyl (C=O) groups is 1. The van der Waals surface area contributed by atoms with Crippen molar-refractivity contribution in [3.8, 4) is 11.5 Å². The number of para-hydroxylation sites is 1. The third kappa shape index (κ3) is 4.29. The summed E-state index contributed by atoms with van der Waals surface area (Å²) < 4.78 is 5.73. The number of rotatable bonds is 6. The average Bonchev–Trinajstić information content (AvgIpc) is 2.64. The molecule has 2 N–H and O–H groups in total. The van der Waals surface area contributed by atoms with E-state index in [2.05, 4.69) is 4.98 Å². The fourth-order valence-electron chi connectivity index (χ4n) is 2.32. The standard InChI is InChI=1S/C20H16N2O3/c21-18(19-13-15(20(23)24)10-11-22-19)12-14-6-8-17(9-7-14)25-16-4-2-1-3-5-16/h1-11,13,21H,12H2,(H,23,24). The summed E-state index contributed by atoms with van der Waals surface area (Å²) in [5.41, 5.74) is 1.68. The number of carboxylic acid groups (broad SMARTS) is 1. The van der Waals surface area contributed by atoms with Gasteiger partial charge in [-0.2, -0.15) is 0 Å². The van der Waals surface area contributed by atoms with E-state index in [1.165, 1.54) is 18.3 Å². The molecule has 5 heteroatoms. The lowest BCUT2D eigenvalue weighted by Gasteiger charge is -2.08. The Morgan fingerprint density at radius 1 is 1.00 bits per heavy atom. The molecule has 2 aromatic carbocycles. The molecular formula is C20H16N2O3. The van der Waals surface area contributed by atoms with Crippen molar-refractivity contribution in [3.05, 3.63) is 89.7 Å². The third-order valence-corrected chi connectivity index (χ3v) is 3.60. The van der Waals surface area contributed by atoms with Gasteiger partial charge in [-0.05, 0) is 42.0 Å². The van der Waals surface area contributed by atoms with Crippen LogP contribution in [0.2, 0.25) is 0 Å². The van der Waals surface area contributed by atoms with Gasteiger partial charge in [-0.3, -0.25) is 4.98 Å². The number of nitrogens with zero attached hydrogens (tertiary/aromatic N) is 1. The van der Waals surface area contributed by atoms with E-state index in [1.807, 2.05) is 54.6 Å². The quantitative estimate of drug-likeness (QED) is 0.663. The van der Waals surface area contributed by atoms with Gasteiger partial charge in [0.25, 0.3) is 0 Å². The minimum absolute atomic E-state index is 0.126. The number of pyridine rings is 1. The van der Waals surface area contributed by atoms with Crippen LogP contribution in [0.15, 0.2) is 72.9 Å². The molecule has 1 aromatic heterocycles. The van der Waals surface area contributed by atoms with Crippen molar-refractivity contribution in [3.63, 3.8) is 0 Å². The first-order valence-corrected chi connectivity index (χ1v) is 7.71. The Labute approximate surface area is 145 Å². The number of aromatic carboxylic acids is 1. The molecule has 0 radical (unpaired) electrons. The van der Waals surface area contributed by atoms with Gasteiger partial charge < -0.3 is 15.3 Å². The SMILES string of the molecule is N=C(Cc1ccc(Oc2ccccc2)cc1)c1cc(C(=O)O)ccn1. The maximum Gasteiger partial charge on any atom is 0.335 e. The van der Waals surface area contributed by atoms with Crippen molar-refractivity contribution < 1.29 is 14.6 Å². The first-order chi connectivity index (χ1) is 12.1. The lowest BCUT2D eigenvalue weighted by Crippen LogP contribution is -2.08. The molecule has 0 atom stereocenters. The van der Waals surface area contributed by atoms with Gasteiger partial charge in [0.05, 0.1) is 17.0 Å². The van der Waals surface area contributed by atoms with E-state index in [4.69, 9.17) is 15.3 Å². The molecule has 124 valence electrons. The van der Waals surface area contributed by atoms with Gasteiger partial charge in [0.1, 0.15) is 11.5 Å². The molecule has 0 spiro atoms. The van der Waals surface area contributed by atoms with Crippen LogP contribution < -0.4 is 4.74 Å². The van der Waals surface area contributed by atoms with E-state index >= 15 is 0 Å². The summed E-state index contributed by atoms with van der Waals surface area (Å²) in [6.07, 6.45) is 1.77. The first kappa shape index (κ1) is 16.4. The minimum atomic E-state index is -1.03. The zero-order valence-corrected chi connectivity index (χ0v) is 13.3. The largest absolute Gasteiger partial charge is 0.478 e. The van der Waals surface area contributed by atoms with Gasteiger partial charge in [0, 0.05) is 12.6 Å². The number of hydrogen-bond donors (Lipinski definition) is 2. The van der Waals surface area contributed by atoms with Gasteiger partial charge in [0.2, 0.25) is 0 Å². The second-order valence-corrected chi connectivity index (χ2v) is 5.45. The molecule has 0 amide bonds. The second-order valence-electron chi connectivity index (χ2n) is 5.45. The Hall–Kier alpha value is -3.47. The van der Waals surface area contributed by atoms with Crippen LogP contribution >= 0.6 is 0 Å². The molecule has 1 heterocycles. The molecule has 0 saturated carbocycles. The fourth-order valence-corrected chi connectivity index (χ4v) is 2.32. The first-order valence-electron chi connectivity index (χ1n) is 7.71. The minimum Gasteiger partial charge on any atom is -0.478 e. The summed E-state index contributed by atoms with van der Waals surface area (Å²) >= 11 is 0. The van der Waals surface area contributed by atoms with E-state index in [0.717, 1.165) is 11.3 Å². The van der Waals surface area contributed by atoms with Crippen LogP contribution in [0, 0.1) is 5.41 Å². The molecule has 0 bridgehead atoms. The highest BCUT2D eigenvalue weighted by Crippen LogP contribution is 2.21. The normalized spacial score (nSPS) is 10.2. The Balaban J connectivity index is 1.68. The van der Waals surface area contributed by atoms with E-state index in [0.29, 0.717) is 17.9 Å². The highest BCUT2D eigenvalue weighted by atomic mass is 16.5. The van der Waals surface area contributed by atoms with Gasteiger partial charge in [-0.1, -0.05) is 30.3 Å². The van der Waals surface area contributed by atoms with Crippen LogP contribution in [0.1, 0.15) is 21.6 Å². The van der Waals surface area contributed by atoms with E-state index in [9.17, 15) is 4.79 Å². The summed E-state index contributed by atoms with van der Waals surface area (Å²) in [6.45, 7) is 0. The molecule has 0 saturated heterocycles. The van der Waals surface area contributed by atoms with Crippen LogP contribution in [0.5, 0.6) is 11.5 Å². The fraction of sp³-hybridized carbons (Fsp3) is 0.0500. The van der Waals surface area contributed by atoms with Crippen molar-refractivity contribution in [2.75, 3.05) is 0 Å². The Morgan fingerprint density at radius 2 is 1.68 bits per heavy atom. The molecule has 0 unspecified atom stereocenters. The zero-order valence-electron chi connectivity index (χ0n) is 13.3. The van der Waals surface area contributed by atoms with Crippen LogP contribution in [-0.4, -0.2) is 21.8 Å². The summed E-state index contributed by atoms with van der Waals surface area (Å²) in [7, 11) is 0. The van der Waals surface area contributed by atoms with Crippen LogP contribution in [0.25, 0.3) is 0 Å². The number of ether oxygens (including phenoxy) is 1. The molecule has 3 rings (SSSR count). The molecule has 0 fully saturated rings. The van der Waals surface area contributed by atoms with Crippen molar-refractivity contribution in [2.24, 2.45) is 0 Å². The Kier molecular flexibility index (Phi) is 4.85. The lowest BCUT2D eigenvalue weighted by atomic mass is 10.0. The maximum absolute atomic E-state index is 11.0. The van der Waals surface area contributed by atoms with Gasteiger partial charge in [0.15, 0.2) is 0 Å². The predicted octanol–water partition coefficient (Wildman–Crippen LogP) is 4.18. The summed E-state index contributed by atoms with van der Waals surface area (Å²) in [5, 5.41) is 17.2. The summed E-state index contributed by atoms with van der Waals surface area (Å²) in [5.74, 6) is 0.448. The van der Waals surface area contributed by atoms with E-state index < -0.39 is 5.97 Å². The average molecular weight is 332 g/mol. The zero-order chi connectivity index (χ0) is 17.6. The number of aromatic nitrogens is 1. The van der Waals surface area contributed by atoms with Gasteiger partial charge in [-0.25, -0.2) is 4.79 Å². The van der Waals surface area contributed by atoms with Gasteiger partial charge >= 0.3 is 5.97 Å². The topological polar surface area (TPSA) is 83.3 Å². The number of carboxylic acids is 1. The molecule has 3 aromatic rings. The van der Waals surface area contributed by atoms with Crippen LogP contribution in [0.4, 0.5) is 0 Å². The van der Waals surface area contributed by atoms with Crippen LogP contribution in [-0.2, 0) is 6.42 Å². The van der Waals surface area contributed by atoms with Crippen molar-refractivity contribution in [1.82, 2.24) is 4.98 Å². The predicted molar refractivity (Wildman–Crippen MR) is 94.7 cm³/mol. The molecular weight excluding hydrogens is 316 g/mol. The number of benzene rings is 2. The van der Waals surface area contributed by atoms with E-state index in [1.54, 1.807) is 0 Å². The monoisotopic (exact) mass is 332 g/mol. The lowest BCUT2D eigenvalue weighted by molar-refractivity contribution is 0.0696. The molecule has 0 aliphatic carbocycles. The molecule has 25 heavy (non-hydrogen) atoms. The second kappa shape index (κ2) is 7.40. The summed E-state index contributed by atoms with van der Waals surface area (Å²) in [6, 6.07) is 19.8. The maximum atomic E-state index is 11.0. The third-order valence-electron chi connectivity index (χ3n) is 3.60. The molecule has 0 aliphatic heterocycles.